The molecule has 2 aromatic heterocycles. The number of hydrogen-bond acceptors (Lipinski definition) is 5. The summed E-state index contributed by atoms with van der Waals surface area (Å²) in [5, 5.41) is 1.89. The number of nitrogens with two attached hydrogens (primary N) is 1. The van der Waals surface area contributed by atoms with E-state index in [4.69, 9.17) is 10.5 Å². The van der Waals surface area contributed by atoms with Crippen LogP contribution in [0.5, 0.6) is 0 Å². The normalized spacial score (nSPS) is 18.7. The summed E-state index contributed by atoms with van der Waals surface area (Å²) in [6, 6.07) is 13.7. The molecule has 1 saturated heterocycles. The molecule has 166 valence electrons. The number of benzene rings is 1. The van der Waals surface area contributed by atoms with Gasteiger partial charge in [0.2, 0.25) is 0 Å². The molecule has 3 aromatic rings. The number of carbonyl (C=O) groups excluding carboxylic acids is 2. The van der Waals surface area contributed by atoms with E-state index in [2.05, 4.69) is 18.8 Å². The van der Waals surface area contributed by atoms with Crippen LogP contribution in [-0.4, -0.2) is 47.0 Å². The summed E-state index contributed by atoms with van der Waals surface area (Å²) in [7, 11) is 0. The van der Waals surface area contributed by atoms with Gasteiger partial charge in [-0.25, -0.2) is 0 Å². The van der Waals surface area contributed by atoms with Crippen LogP contribution >= 0.6 is 11.3 Å². The van der Waals surface area contributed by atoms with Gasteiger partial charge in [-0.15, -0.1) is 11.3 Å². The Hall–Kier alpha value is -3.03. The van der Waals surface area contributed by atoms with Gasteiger partial charge in [0.15, 0.2) is 5.60 Å². The van der Waals surface area contributed by atoms with Gasteiger partial charge < -0.3 is 15.4 Å². The van der Waals surface area contributed by atoms with Gasteiger partial charge >= 0.3 is 0 Å². The average molecular weight is 450 g/mol. The maximum Gasteiger partial charge on any atom is 0.254 e. The number of primary amides is 1. The summed E-state index contributed by atoms with van der Waals surface area (Å²) in [6.07, 6.45) is 3.85. The first-order valence-electron chi connectivity index (χ1n) is 10.7. The minimum absolute atomic E-state index is 0.0889. The van der Waals surface area contributed by atoms with Crippen molar-refractivity contribution < 1.29 is 14.3 Å². The lowest BCUT2D eigenvalue weighted by Crippen LogP contribution is -2.61. The molecule has 0 aliphatic carbocycles. The summed E-state index contributed by atoms with van der Waals surface area (Å²) >= 11 is 1.58. The average Bonchev–Trinajstić information content (AvgIpc) is 3.30. The van der Waals surface area contributed by atoms with Gasteiger partial charge in [-0.1, -0.05) is 44.2 Å². The van der Waals surface area contributed by atoms with Crippen molar-refractivity contribution in [2.75, 3.05) is 19.7 Å². The van der Waals surface area contributed by atoms with Crippen molar-refractivity contribution in [3.8, 4) is 11.1 Å². The second-order valence-electron chi connectivity index (χ2n) is 8.44. The molecule has 3 heterocycles. The summed E-state index contributed by atoms with van der Waals surface area (Å²) in [5.74, 6) is -0.279. The molecule has 1 aliphatic rings. The Morgan fingerprint density at radius 3 is 2.62 bits per heavy atom. The molecule has 0 bridgehead atoms. The van der Waals surface area contributed by atoms with Crippen LogP contribution in [-0.2, 0) is 16.0 Å². The van der Waals surface area contributed by atoms with Gasteiger partial charge in [-0.2, -0.15) is 0 Å². The van der Waals surface area contributed by atoms with Crippen molar-refractivity contribution in [1.82, 2.24) is 9.88 Å². The SMILES string of the molecule is CC(C)c1cc(C(=O)N2CCOC(Cc3ccc(-c4cccnc4)cc3)(C(N)=O)C2)cs1. The van der Waals surface area contributed by atoms with E-state index in [1.807, 2.05) is 54.0 Å². The predicted molar refractivity (Wildman–Crippen MR) is 126 cm³/mol. The molecular weight excluding hydrogens is 422 g/mol. The number of rotatable bonds is 6. The molecule has 0 radical (unpaired) electrons. The molecule has 0 spiro atoms. The zero-order valence-corrected chi connectivity index (χ0v) is 19.1. The second kappa shape index (κ2) is 9.22. The Morgan fingerprint density at radius 2 is 2.00 bits per heavy atom. The monoisotopic (exact) mass is 449 g/mol. The number of pyridine rings is 1. The van der Waals surface area contributed by atoms with Crippen LogP contribution < -0.4 is 5.73 Å². The van der Waals surface area contributed by atoms with Gasteiger partial charge in [0.25, 0.3) is 11.8 Å². The highest BCUT2D eigenvalue weighted by molar-refractivity contribution is 7.10. The molecule has 2 N–H and O–H groups in total. The molecule has 32 heavy (non-hydrogen) atoms. The third-order valence-electron chi connectivity index (χ3n) is 5.80. The summed E-state index contributed by atoms with van der Waals surface area (Å²) in [5.41, 5.74) is 8.19. The van der Waals surface area contributed by atoms with E-state index < -0.39 is 11.5 Å². The molecule has 0 saturated carbocycles. The third kappa shape index (κ3) is 4.59. The molecule has 4 rings (SSSR count). The number of amides is 2. The van der Waals surface area contributed by atoms with Crippen LogP contribution in [0.2, 0.25) is 0 Å². The van der Waals surface area contributed by atoms with E-state index in [0.717, 1.165) is 21.6 Å². The van der Waals surface area contributed by atoms with Crippen molar-refractivity contribution in [2.45, 2.75) is 31.8 Å². The van der Waals surface area contributed by atoms with E-state index in [1.54, 1.807) is 22.4 Å². The minimum Gasteiger partial charge on any atom is -0.367 e. The van der Waals surface area contributed by atoms with E-state index in [1.165, 1.54) is 0 Å². The lowest BCUT2D eigenvalue weighted by molar-refractivity contribution is -0.153. The summed E-state index contributed by atoms with van der Waals surface area (Å²) < 4.78 is 5.93. The Balaban J connectivity index is 1.52. The highest BCUT2D eigenvalue weighted by Gasteiger charge is 2.44. The maximum atomic E-state index is 13.1. The number of morpholine rings is 1. The molecule has 1 atom stereocenters. The smallest absolute Gasteiger partial charge is 0.254 e. The lowest BCUT2D eigenvalue weighted by Gasteiger charge is -2.40. The standard InChI is InChI=1S/C25H27N3O3S/c1-17(2)22-12-21(15-32-22)23(29)28-10-11-31-25(16-28,24(26)30)13-18-5-7-19(8-6-18)20-4-3-9-27-14-20/h3-9,12,14-15,17H,10-11,13,16H2,1-2H3,(H2,26,30). The topological polar surface area (TPSA) is 85.5 Å². The fourth-order valence-corrected chi connectivity index (χ4v) is 4.83. The first kappa shape index (κ1) is 22.2. The zero-order valence-electron chi connectivity index (χ0n) is 18.3. The van der Waals surface area contributed by atoms with Crippen LogP contribution in [0.15, 0.2) is 60.2 Å². The Kier molecular flexibility index (Phi) is 6.39. The zero-order chi connectivity index (χ0) is 22.7. The molecule has 1 aromatic carbocycles. The number of hydrogen-bond donors (Lipinski definition) is 1. The minimum atomic E-state index is -1.25. The fraction of sp³-hybridized carbons (Fsp3) is 0.320. The van der Waals surface area contributed by atoms with Gasteiger partial charge in [0, 0.05) is 35.6 Å². The van der Waals surface area contributed by atoms with E-state index in [-0.39, 0.29) is 19.1 Å². The summed E-state index contributed by atoms with van der Waals surface area (Å²) in [6.45, 7) is 5.04. The first-order chi connectivity index (χ1) is 15.4. The number of thiophene rings is 1. The number of aromatic nitrogens is 1. The molecule has 6 nitrogen and oxygen atoms in total. The fourth-order valence-electron chi connectivity index (χ4n) is 3.93. The predicted octanol–water partition coefficient (Wildman–Crippen LogP) is 3.87. The highest BCUT2D eigenvalue weighted by Crippen LogP contribution is 2.28. The number of ether oxygens (including phenoxy) is 1. The van der Waals surface area contributed by atoms with Crippen molar-refractivity contribution in [2.24, 2.45) is 5.73 Å². The van der Waals surface area contributed by atoms with Gasteiger partial charge in [0.1, 0.15) is 0 Å². The highest BCUT2D eigenvalue weighted by atomic mass is 32.1. The molecule has 7 heteroatoms. The van der Waals surface area contributed by atoms with E-state index in [0.29, 0.717) is 24.4 Å². The van der Waals surface area contributed by atoms with Crippen molar-refractivity contribution in [3.05, 3.63) is 76.2 Å². The largest absolute Gasteiger partial charge is 0.367 e. The lowest BCUT2D eigenvalue weighted by atomic mass is 9.90. The third-order valence-corrected chi connectivity index (χ3v) is 7.03. The summed E-state index contributed by atoms with van der Waals surface area (Å²) in [4.78, 5) is 32.6. The Bertz CT molecular complexity index is 1100. The van der Waals surface area contributed by atoms with Crippen LogP contribution in [0.3, 0.4) is 0 Å². The van der Waals surface area contributed by atoms with Gasteiger partial charge in [-0.3, -0.25) is 14.6 Å². The van der Waals surface area contributed by atoms with E-state index in [9.17, 15) is 9.59 Å². The maximum absolute atomic E-state index is 13.1. The van der Waals surface area contributed by atoms with Crippen LogP contribution in [0, 0.1) is 0 Å². The number of carbonyl (C=O) groups is 2. The molecule has 1 unspecified atom stereocenters. The molecule has 1 fully saturated rings. The van der Waals surface area contributed by atoms with Crippen LogP contribution in [0.1, 0.15) is 40.6 Å². The number of nitrogens with zero attached hydrogens (tertiary/aromatic N) is 2. The van der Waals surface area contributed by atoms with Crippen LogP contribution in [0.4, 0.5) is 0 Å². The van der Waals surface area contributed by atoms with Crippen molar-refractivity contribution in [3.63, 3.8) is 0 Å². The molecule has 1 aliphatic heterocycles. The van der Waals surface area contributed by atoms with Crippen molar-refractivity contribution >= 4 is 23.2 Å². The van der Waals surface area contributed by atoms with E-state index >= 15 is 0 Å². The quantitative estimate of drug-likeness (QED) is 0.619. The molecular formula is C25H27N3O3S. The Labute approximate surface area is 192 Å². The van der Waals surface area contributed by atoms with Crippen LogP contribution in [0.25, 0.3) is 11.1 Å². The van der Waals surface area contributed by atoms with Crippen molar-refractivity contribution in [1.29, 1.82) is 0 Å². The molecule has 2 amide bonds. The van der Waals surface area contributed by atoms with Gasteiger partial charge in [-0.05, 0) is 34.7 Å². The Morgan fingerprint density at radius 1 is 1.22 bits per heavy atom. The second-order valence-corrected chi connectivity index (χ2v) is 9.38. The van der Waals surface area contributed by atoms with Gasteiger partial charge in [0.05, 0.1) is 18.7 Å². The first-order valence-corrected chi connectivity index (χ1v) is 11.6.